The maximum Gasteiger partial charge on any atom is 0.243 e. The Bertz CT molecular complexity index is 839. The van der Waals surface area contributed by atoms with Gasteiger partial charge in [-0.2, -0.15) is 4.31 Å². The summed E-state index contributed by atoms with van der Waals surface area (Å²) in [5.74, 6) is -0.677. The summed E-state index contributed by atoms with van der Waals surface area (Å²) >= 11 is 0. The number of piperidine rings is 1. The Hall–Kier alpha value is -2.26. The zero-order valence-corrected chi connectivity index (χ0v) is 16.2. The molecule has 2 heterocycles. The van der Waals surface area contributed by atoms with Crippen molar-refractivity contribution < 1.29 is 22.8 Å². The third-order valence-corrected chi connectivity index (χ3v) is 6.94. The Labute approximate surface area is 158 Å². The van der Waals surface area contributed by atoms with Crippen molar-refractivity contribution in [1.82, 2.24) is 9.21 Å². The van der Waals surface area contributed by atoms with Gasteiger partial charge in [0.1, 0.15) is 0 Å². The SMILES string of the molecule is CN(C)C(=O)C1CCN(S(=O)(=O)c2ccc(N3C(=O)CCC3=O)cc2)CC1. The molecule has 0 atom stereocenters. The number of anilines is 1. The van der Waals surface area contributed by atoms with Crippen LogP contribution in [0.25, 0.3) is 0 Å². The highest BCUT2D eigenvalue weighted by atomic mass is 32.2. The summed E-state index contributed by atoms with van der Waals surface area (Å²) < 4.78 is 27.1. The molecule has 9 heteroatoms. The summed E-state index contributed by atoms with van der Waals surface area (Å²) in [5.41, 5.74) is 0.386. The van der Waals surface area contributed by atoms with Crippen LogP contribution in [0, 0.1) is 5.92 Å². The predicted molar refractivity (Wildman–Crippen MR) is 98.3 cm³/mol. The molecule has 3 amide bonds. The molecule has 0 unspecified atom stereocenters. The van der Waals surface area contributed by atoms with Crippen LogP contribution in [-0.2, 0) is 24.4 Å². The van der Waals surface area contributed by atoms with Crippen molar-refractivity contribution in [2.45, 2.75) is 30.6 Å². The molecule has 0 N–H and O–H groups in total. The van der Waals surface area contributed by atoms with Crippen LogP contribution in [0.2, 0.25) is 0 Å². The Morgan fingerprint density at radius 2 is 1.52 bits per heavy atom. The first-order chi connectivity index (χ1) is 12.7. The van der Waals surface area contributed by atoms with Crippen LogP contribution in [-0.4, -0.2) is 62.5 Å². The lowest BCUT2D eigenvalue weighted by molar-refractivity contribution is -0.134. The number of carbonyl (C=O) groups is 3. The van der Waals surface area contributed by atoms with Gasteiger partial charge in [-0.1, -0.05) is 0 Å². The number of imide groups is 1. The number of hydrogen-bond donors (Lipinski definition) is 0. The van der Waals surface area contributed by atoms with E-state index < -0.39 is 10.0 Å². The van der Waals surface area contributed by atoms with Crippen molar-refractivity contribution in [2.24, 2.45) is 5.92 Å². The Morgan fingerprint density at radius 1 is 1.00 bits per heavy atom. The number of hydrogen-bond acceptors (Lipinski definition) is 5. The van der Waals surface area contributed by atoms with Gasteiger partial charge >= 0.3 is 0 Å². The van der Waals surface area contributed by atoms with E-state index in [9.17, 15) is 22.8 Å². The molecule has 27 heavy (non-hydrogen) atoms. The summed E-state index contributed by atoms with van der Waals surface area (Å²) in [7, 11) is -0.284. The fourth-order valence-corrected chi connectivity index (χ4v) is 4.96. The highest BCUT2D eigenvalue weighted by Crippen LogP contribution is 2.27. The van der Waals surface area contributed by atoms with Crippen LogP contribution < -0.4 is 4.90 Å². The van der Waals surface area contributed by atoms with Gasteiger partial charge in [-0.15, -0.1) is 0 Å². The first kappa shape index (κ1) is 19.5. The van der Waals surface area contributed by atoms with Gasteiger partial charge in [0.2, 0.25) is 27.7 Å². The van der Waals surface area contributed by atoms with Gasteiger partial charge in [-0.3, -0.25) is 19.3 Å². The van der Waals surface area contributed by atoms with E-state index >= 15 is 0 Å². The molecule has 0 aliphatic carbocycles. The fourth-order valence-electron chi connectivity index (χ4n) is 3.49. The molecule has 3 rings (SSSR count). The molecule has 2 saturated heterocycles. The Kier molecular flexibility index (Phi) is 5.34. The number of carbonyl (C=O) groups excluding carboxylic acids is 3. The van der Waals surface area contributed by atoms with Crippen molar-refractivity contribution >= 4 is 33.4 Å². The van der Waals surface area contributed by atoms with E-state index in [1.165, 1.54) is 33.5 Å². The van der Waals surface area contributed by atoms with Crippen LogP contribution in [0.3, 0.4) is 0 Å². The second kappa shape index (κ2) is 7.40. The van der Waals surface area contributed by atoms with Crippen molar-refractivity contribution in [3.8, 4) is 0 Å². The maximum absolute atomic E-state index is 12.8. The Balaban J connectivity index is 1.72. The molecule has 146 valence electrons. The van der Waals surface area contributed by atoms with E-state index in [0.29, 0.717) is 18.5 Å². The topological polar surface area (TPSA) is 95.1 Å². The van der Waals surface area contributed by atoms with Gasteiger partial charge in [0, 0.05) is 45.9 Å². The van der Waals surface area contributed by atoms with Gasteiger partial charge in [0.15, 0.2) is 0 Å². The molecule has 2 aliphatic heterocycles. The average Bonchev–Trinajstić information content (AvgIpc) is 2.99. The molecule has 1 aromatic rings. The number of sulfonamides is 1. The summed E-state index contributed by atoms with van der Waals surface area (Å²) in [4.78, 5) is 38.4. The van der Waals surface area contributed by atoms with E-state index in [0.717, 1.165) is 4.90 Å². The third-order valence-electron chi connectivity index (χ3n) is 5.03. The third kappa shape index (κ3) is 3.74. The van der Waals surface area contributed by atoms with E-state index in [1.807, 2.05) is 0 Å². The molecule has 0 spiro atoms. The number of nitrogens with zero attached hydrogens (tertiary/aromatic N) is 3. The van der Waals surface area contributed by atoms with Crippen molar-refractivity contribution in [3.05, 3.63) is 24.3 Å². The van der Waals surface area contributed by atoms with Gasteiger partial charge in [-0.25, -0.2) is 8.42 Å². The molecule has 2 fully saturated rings. The minimum absolute atomic E-state index is 0.0244. The molecular formula is C18H23N3O5S. The average molecular weight is 393 g/mol. The summed E-state index contributed by atoms with van der Waals surface area (Å²) in [6, 6.07) is 5.80. The van der Waals surface area contributed by atoms with Crippen LogP contribution in [0.1, 0.15) is 25.7 Å². The van der Waals surface area contributed by atoms with E-state index in [1.54, 1.807) is 14.1 Å². The van der Waals surface area contributed by atoms with Gasteiger partial charge < -0.3 is 4.90 Å². The molecule has 0 bridgehead atoms. The lowest BCUT2D eigenvalue weighted by atomic mass is 9.97. The second-order valence-electron chi connectivity index (χ2n) is 7.03. The summed E-state index contributed by atoms with van der Waals surface area (Å²) in [6.07, 6.45) is 1.34. The quantitative estimate of drug-likeness (QED) is 0.706. The number of rotatable bonds is 4. The first-order valence-corrected chi connectivity index (χ1v) is 10.3. The Morgan fingerprint density at radius 3 is 2.00 bits per heavy atom. The molecule has 0 radical (unpaired) electrons. The highest BCUT2D eigenvalue weighted by molar-refractivity contribution is 7.89. The lowest BCUT2D eigenvalue weighted by Gasteiger charge is -2.31. The van der Waals surface area contributed by atoms with Crippen molar-refractivity contribution in [2.75, 3.05) is 32.1 Å². The normalized spacial score (nSPS) is 19.6. The fraction of sp³-hybridized carbons (Fsp3) is 0.500. The van der Waals surface area contributed by atoms with Crippen LogP contribution in [0.15, 0.2) is 29.2 Å². The van der Waals surface area contributed by atoms with Crippen LogP contribution in [0.4, 0.5) is 5.69 Å². The monoisotopic (exact) mass is 393 g/mol. The minimum atomic E-state index is -3.68. The highest BCUT2D eigenvalue weighted by Gasteiger charge is 2.33. The number of amides is 3. The largest absolute Gasteiger partial charge is 0.349 e. The smallest absolute Gasteiger partial charge is 0.243 e. The molecule has 1 aromatic carbocycles. The van der Waals surface area contributed by atoms with Crippen LogP contribution >= 0.6 is 0 Å². The van der Waals surface area contributed by atoms with E-state index in [-0.39, 0.29) is 54.5 Å². The molecule has 0 aromatic heterocycles. The summed E-state index contributed by atoms with van der Waals surface area (Å²) in [5, 5.41) is 0. The van der Waals surface area contributed by atoms with Crippen molar-refractivity contribution in [3.63, 3.8) is 0 Å². The minimum Gasteiger partial charge on any atom is -0.349 e. The molecule has 8 nitrogen and oxygen atoms in total. The maximum atomic E-state index is 12.8. The molecule has 2 aliphatic rings. The molecular weight excluding hydrogens is 370 g/mol. The summed E-state index contributed by atoms with van der Waals surface area (Å²) in [6.45, 7) is 0.578. The number of benzene rings is 1. The standard InChI is InChI=1S/C18H23N3O5S/c1-19(2)18(24)13-9-11-20(12-10-13)27(25,26)15-5-3-14(4-6-15)21-16(22)7-8-17(21)23/h3-6,13H,7-12H2,1-2H3. The zero-order chi connectivity index (χ0) is 19.8. The second-order valence-corrected chi connectivity index (χ2v) is 8.97. The zero-order valence-electron chi connectivity index (χ0n) is 15.4. The van der Waals surface area contributed by atoms with Gasteiger partial charge in [-0.05, 0) is 37.1 Å². The van der Waals surface area contributed by atoms with Gasteiger partial charge in [0.25, 0.3) is 0 Å². The van der Waals surface area contributed by atoms with E-state index in [4.69, 9.17) is 0 Å². The first-order valence-electron chi connectivity index (χ1n) is 8.89. The predicted octanol–water partition coefficient (Wildman–Crippen LogP) is 0.829. The van der Waals surface area contributed by atoms with Crippen LogP contribution in [0.5, 0.6) is 0 Å². The molecule has 0 saturated carbocycles. The van der Waals surface area contributed by atoms with Gasteiger partial charge in [0.05, 0.1) is 10.6 Å². The van der Waals surface area contributed by atoms with E-state index in [2.05, 4.69) is 0 Å². The lowest BCUT2D eigenvalue weighted by Crippen LogP contribution is -2.42. The van der Waals surface area contributed by atoms with Crippen molar-refractivity contribution in [1.29, 1.82) is 0 Å².